The van der Waals surface area contributed by atoms with E-state index >= 15 is 0 Å². The van der Waals surface area contributed by atoms with Crippen molar-refractivity contribution in [1.29, 1.82) is 5.26 Å². The predicted molar refractivity (Wildman–Crippen MR) is 62.2 cm³/mol. The molecule has 0 fully saturated rings. The van der Waals surface area contributed by atoms with Crippen LogP contribution in [0.2, 0.25) is 0 Å². The number of pyridine rings is 1. The number of rotatable bonds is 4. The number of nitriles is 1. The molecule has 0 aliphatic carbocycles. The molecule has 1 aromatic rings. The van der Waals surface area contributed by atoms with E-state index in [1.807, 2.05) is 20.2 Å². The lowest BCUT2D eigenvalue weighted by Crippen LogP contribution is -2.43. The van der Waals surface area contributed by atoms with Crippen LogP contribution in [0.4, 0.5) is 0 Å². The van der Waals surface area contributed by atoms with Gasteiger partial charge in [-0.2, -0.15) is 5.26 Å². The fourth-order valence-corrected chi connectivity index (χ4v) is 0.951. The lowest BCUT2D eigenvalue weighted by atomic mass is 10.1. The number of hydrogen-bond acceptors (Lipinski definition) is 4. The van der Waals surface area contributed by atoms with Crippen LogP contribution in [-0.4, -0.2) is 36.1 Å². The standard InChI is InChI=1S/C12H17N3O/c1-12(2,15(3)4)9-16-11-5-6-14-10(7-11)8-13/h5-7H,9H2,1-4H3. The van der Waals surface area contributed by atoms with Crippen LogP contribution in [-0.2, 0) is 0 Å². The molecule has 0 atom stereocenters. The molecule has 0 aliphatic rings. The summed E-state index contributed by atoms with van der Waals surface area (Å²) in [7, 11) is 4.02. The zero-order chi connectivity index (χ0) is 12.2. The number of aromatic nitrogens is 1. The van der Waals surface area contributed by atoms with Gasteiger partial charge in [-0.3, -0.25) is 0 Å². The van der Waals surface area contributed by atoms with E-state index in [4.69, 9.17) is 10.00 Å². The van der Waals surface area contributed by atoms with Gasteiger partial charge in [-0.05, 0) is 34.0 Å². The summed E-state index contributed by atoms with van der Waals surface area (Å²) in [4.78, 5) is 5.98. The summed E-state index contributed by atoms with van der Waals surface area (Å²) in [5, 5.41) is 8.70. The van der Waals surface area contributed by atoms with E-state index in [0.717, 1.165) is 0 Å². The van der Waals surface area contributed by atoms with Crippen molar-refractivity contribution in [2.45, 2.75) is 19.4 Å². The van der Waals surface area contributed by atoms with E-state index in [9.17, 15) is 0 Å². The first-order valence-corrected chi connectivity index (χ1v) is 5.12. The van der Waals surface area contributed by atoms with E-state index in [2.05, 4.69) is 23.7 Å². The third-order valence-corrected chi connectivity index (χ3v) is 2.65. The first kappa shape index (κ1) is 12.5. The van der Waals surface area contributed by atoms with Crippen LogP contribution in [0, 0.1) is 11.3 Å². The van der Waals surface area contributed by atoms with Gasteiger partial charge in [0.25, 0.3) is 0 Å². The molecule has 16 heavy (non-hydrogen) atoms. The van der Waals surface area contributed by atoms with E-state index < -0.39 is 0 Å². The fraction of sp³-hybridized carbons (Fsp3) is 0.500. The molecule has 0 bridgehead atoms. The van der Waals surface area contributed by atoms with Crippen LogP contribution in [0.5, 0.6) is 5.75 Å². The normalized spacial score (nSPS) is 11.2. The lowest BCUT2D eigenvalue weighted by molar-refractivity contribution is 0.114. The summed E-state index contributed by atoms with van der Waals surface area (Å²) in [5.74, 6) is 0.682. The summed E-state index contributed by atoms with van der Waals surface area (Å²) in [6, 6.07) is 5.39. The van der Waals surface area contributed by atoms with Gasteiger partial charge in [0.2, 0.25) is 0 Å². The molecule has 0 aromatic carbocycles. The van der Waals surface area contributed by atoms with E-state index in [1.165, 1.54) is 0 Å². The maximum absolute atomic E-state index is 8.70. The Kier molecular flexibility index (Phi) is 3.86. The maximum atomic E-state index is 8.70. The molecule has 0 unspecified atom stereocenters. The van der Waals surface area contributed by atoms with Gasteiger partial charge >= 0.3 is 0 Å². The molecule has 1 aromatic heterocycles. The lowest BCUT2D eigenvalue weighted by Gasteiger charge is -2.32. The Balaban J connectivity index is 2.65. The molecule has 4 heteroatoms. The summed E-state index contributed by atoms with van der Waals surface area (Å²) >= 11 is 0. The summed E-state index contributed by atoms with van der Waals surface area (Å²) in [5.41, 5.74) is 0.330. The second-order valence-corrected chi connectivity index (χ2v) is 4.48. The minimum atomic E-state index is -0.0456. The maximum Gasteiger partial charge on any atom is 0.144 e. The minimum absolute atomic E-state index is 0.0456. The molecule has 1 rings (SSSR count). The number of likely N-dealkylation sites (N-methyl/N-ethyl adjacent to an activating group) is 1. The van der Waals surface area contributed by atoms with Crippen LogP contribution in [0.3, 0.4) is 0 Å². The first-order chi connectivity index (χ1) is 7.45. The molecule has 0 radical (unpaired) electrons. The third-order valence-electron chi connectivity index (χ3n) is 2.65. The van der Waals surface area contributed by atoms with Crippen molar-refractivity contribution in [2.75, 3.05) is 20.7 Å². The number of nitrogens with zero attached hydrogens (tertiary/aromatic N) is 3. The molecule has 0 amide bonds. The summed E-state index contributed by atoms with van der Waals surface area (Å²) < 4.78 is 5.64. The average Bonchev–Trinajstić information content (AvgIpc) is 2.26. The van der Waals surface area contributed by atoms with Gasteiger partial charge in [0.15, 0.2) is 0 Å². The highest BCUT2D eigenvalue weighted by Crippen LogP contribution is 2.15. The zero-order valence-electron chi connectivity index (χ0n) is 10.2. The highest BCUT2D eigenvalue weighted by atomic mass is 16.5. The Bertz CT molecular complexity index is 393. The SMILES string of the molecule is CN(C)C(C)(C)COc1ccnc(C#N)c1. The third kappa shape index (κ3) is 3.21. The molecule has 0 saturated carbocycles. The Morgan fingerprint density at radius 1 is 1.50 bits per heavy atom. The number of hydrogen-bond donors (Lipinski definition) is 0. The van der Waals surface area contributed by atoms with Crippen molar-refractivity contribution in [3.05, 3.63) is 24.0 Å². The molecule has 0 saturated heterocycles. The molecule has 4 nitrogen and oxygen atoms in total. The monoisotopic (exact) mass is 219 g/mol. The van der Waals surface area contributed by atoms with Crippen LogP contribution >= 0.6 is 0 Å². The van der Waals surface area contributed by atoms with Crippen LogP contribution in [0.15, 0.2) is 18.3 Å². The molecule has 86 valence electrons. The Labute approximate surface area is 96.5 Å². The second kappa shape index (κ2) is 4.95. The van der Waals surface area contributed by atoms with E-state index in [1.54, 1.807) is 18.3 Å². The molecular weight excluding hydrogens is 202 g/mol. The van der Waals surface area contributed by atoms with Crippen LogP contribution in [0.1, 0.15) is 19.5 Å². The topological polar surface area (TPSA) is 49.1 Å². The quantitative estimate of drug-likeness (QED) is 0.773. The molecule has 1 heterocycles. The number of ether oxygens (including phenoxy) is 1. The van der Waals surface area contributed by atoms with Gasteiger partial charge in [0.05, 0.1) is 0 Å². The van der Waals surface area contributed by atoms with Crippen molar-refractivity contribution in [3.8, 4) is 11.8 Å². The molecule has 0 spiro atoms. The van der Waals surface area contributed by atoms with Crippen molar-refractivity contribution in [3.63, 3.8) is 0 Å². The van der Waals surface area contributed by atoms with Crippen molar-refractivity contribution < 1.29 is 4.74 Å². The van der Waals surface area contributed by atoms with Gasteiger partial charge in [-0.15, -0.1) is 0 Å². The first-order valence-electron chi connectivity index (χ1n) is 5.12. The Hall–Kier alpha value is -1.60. The van der Waals surface area contributed by atoms with E-state index in [-0.39, 0.29) is 5.54 Å². The molecular formula is C12H17N3O. The van der Waals surface area contributed by atoms with Gasteiger partial charge < -0.3 is 9.64 Å². The zero-order valence-corrected chi connectivity index (χ0v) is 10.2. The van der Waals surface area contributed by atoms with Gasteiger partial charge in [-0.25, -0.2) is 4.98 Å². The predicted octanol–water partition coefficient (Wildman–Crippen LogP) is 1.67. The van der Waals surface area contributed by atoms with Crippen LogP contribution in [0.25, 0.3) is 0 Å². The summed E-state index contributed by atoms with van der Waals surface area (Å²) in [6.07, 6.45) is 1.58. The highest BCUT2D eigenvalue weighted by molar-refractivity contribution is 5.29. The highest BCUT2D eigenvalue weighted by Gasteiger charge is 2.21. The fourth-order valence-electron chi connectivity index (χ4n) is 0.951. The second-order valence-electron chi connectivity index (χ2n) is 4.48. The Morgan fingerprint density at radius 3 is 2.75 bits per heavy atom. The Morgan fingerprint density at radius 2 is 2.19 bits per heavy atom. The average molecular weight is 219 g/mol. The van der Waals surface area contributed by atoms with Crippen molar-refractivity contribution in [2.24, 2.45) is 0 Å². The van der Waals surface area contributed by atoms with Crippen LogP contribution < -0.4 is 4.74 Å². The molecule has 0 aliphatic heterocycles. The minimum Gasteiger partial charge on any atom is -0.492 e. The van der Waals surface area contributed by atoms with Gasteiger partial charge in [0, 0.05) is 17.8 Å². The van der Waals surface area contributed by atoms with Crippen molar-refractivity contribution in [1.82, 2.24) is 9.88 Å². The molecule has 0 N–H and O–H groups in total. The van der Waals surface area contributed by atoms with Gasteiger partial charge in [0.1, 0.15) is 24.1 Å². The summed E-state index contributed by atoms with van der Waals surface area (Å²) in [6.45, 7) is 4.76. The van der Waals surface area contributed by atoms with Gasteiger partial charge in [-0.1, -0.05) is 0 Å². The largest absolute Gasteiger partial charge is 0.492 e. The van der Waals surface area contributed by atoms with E-state index in [0.29, 0.717) is 18.1 Å². The smallest absolute Gasteiger partial charge is 0.144 e. The van der Waals surface area contributed by atoms with Crippen molar-refractivity contribution >= 4 is 0 Å².